The van der Waals surface area contributed by atoms with E-state index in [1.165, 1.54) is 19.3 Å². The molecule has 1 aliphatic rings. The minimum atomic E-state index is -0.456. The number of likely N-dealkylation sites (tertiary alicyclic amines) is 1. The summed E-state index contributed by atoms with van der Waals surface area (Å²) in [5, 5.41) is 10.0. The molecule has 0 aromatic heterocycles. The van der Waals surface area contributed by atoms with E-state index >= 15 is 0 Å². The molecule has 1 aromatic rings. The van der Waals surface area contributed by atoms with Gasteiger partial charge in [-0.2, -0.15) is 0 Å². The van der Waals surface area contributed by atoms with Gasteiger partial charge in [0, 0.05) is 6.54 Å². The van der Waals surface area contributed by atoms with E-state index in [9.17, 15) is 5.11 Å². The lowest BCUT2D eigenvalue weighted by Gasteiger charge is -2.28. The molecular formula is C15H23NO3. The van der Waals surface area contributed by atoms with E-state index in [-0.39, 0.29) is 0 Å². The summed E-state index contributed by atoms with van der Waals surface area (Å²) in [7, 11) is 1.62. The first-order valence-corrected chi connectivity index (χ1v) is 6.96. The standard InChI is InChI=1S/C15H23NO3/c1-18-14-7-3-4-8-15(14)19-12-13(17)11-16-9-5-2-6-10-16/h3-4,7-8,13,17H,2,5-6,9-12H2,1H3. The van der Waals surface area contributed by atoms with Gasteiger partial charge in [0.15, 0.2) is 11.5 Å². The lowest BCUT2D eigenvalue weighted by molar-refractivity contribution is 0.0608. The summed E-state index contributed by atoms with van der Waals surface area (Å²) in [6, 6.07) is 7.50. The van der Waals surface area contributed by atoms with Gasteiger partial charge in [-0.3, -0.25) is 0 Å². The molecule has 1 fully saturated rings. The zero-order valence-electron chi connectivity index (χ0n) is 11.5. The smallest absolute Gasteiger partial charge is 0.161 e. The highest BCUT2D eigenvalue weighted by Gasteiger charge is 2.15. The monoisotopic (exact) mass is 265 g/mol. The maximum Gasteiger partial charge on any atom is 0.161 e. The lowest BCUT2D eigenvalue weighted by Crippen LogP contribution is -2.38. The van der Waals surface area contributed by atoms with E-state index < -0.39 is 6.10 Å². The molecule has 0 aliphatic carbocycles. The number of ether oxygens (including phenoxy) is 2. The fourth-order valence-corrected chi connectivity index (χ4v) is 2.42. The molecule has 1 N–H and O–H groups in total. The van der Waals surface area contributed by atoms with Gasteiger partial charge in [-0.1, -0.05) is 18.6 Å². The Labute approximate surface area is 114 Å². The molecule has 1 aliphatic heterocycles. The number of para-hydroxylation sites is 2. The van der Waals surface area contributed by atoms with E-state index in [0.717, 1.165) is 13.1 Å². The third-order valence-corrected chi connectivity index (χ3v) is 3.42. The fraction of sp³-hybridized carbons (Fsp3) is 0.600. The maximum atomic E-state index is 10.0. The van der Waals surface area contributed by atoms with Gasteiger partial charge in [0.05, 0.1) is 7.11 Å². The molecule has 4 nitrogen and oxygen atoms in total. The van der Waals surface area contributed by atoms with E-state index in [0.29, 0.717) is 24.7 Å². The van der Waals surface area contributed by atoms with Crippen molar-refractivity contribution in [2.45, 2.75) is 25.4 Å². The summed E-state index contributed by atoms with van der Waals surface area (Å²) in [5.41, 5.74) is 0. The van der Waals surface area contributed by atoms with Crippen LogP contribution in [0.1, 0.15) is 19.3 Å². The first-order valence-electron chi connectivity index (χ1n) is 6.96. The van der Waals surface area contributed by atoms with Crippen LogP contribution in [0.5, 0.6) is 11.5 Å². The molecule has 1 saturated heterocycles. The predicted octanol–water partition coefficient (Wildman–Crippen LogP) is 1.92. The summed E-state index contributed by atoms with van der Waals surface area (Å²) in [4.78, 5) is 2.31. The SMILES string of the molecule is COc1ccccc1OCC(O)CN1CCCCC1. The molecule has 1 aromatic carbocycles. The molecule has 2 rings (SSSR count). The normalized spacial score (nSPS) is 18.0. The van der Waals surface area contributed by atoms with Crippen LogP contribution in [-0.4, -0.2) is 49.5 Å². The number of piperidine rings is 1. The zero-order chi connectivity index (χ0) is 13.5. The molecule has 106 valence electrons. The summed E-state index contributed by atoms with van der Waals surface area (Å²) < 4.78 is 10.8. The second-order valence-corrected chi connectivity index (χ2v) is 4.98. The molecular weight excluding hydrogens is 242 g/mol. The Morgan fingerprint density at radius 2 is 1.84 bits per heavy atom. The first kappa shape index (κ1) is 14.2. The van der Waals surface area contributed by atoms with Crippen LogP contribution in [0, 0.1) is 0 Å². The maximum absolute atomic E-state index is 10.0. The molecule has 0 bridgehead atoms. The number of methoxy groups -OCH3 is 1. The Morgan fingerprint density at radius 1 is 1.16 bits per heavy atom. The van der Waals surface area contributed by atoms with Crippen molar-refractivity contribution < 1.29 is 14.6 Å². The average molecular weight is 265 g/mol. The van der Waals surface area contributed by atoms with Gasteiger partial charge in [0.2, 0.25) is 0 Å². The van der Waals surface area contributed by atoms with Crippen molar-refractivity contribution in [3.05, 3.63) is 24.3 Å². The number of aliphatic hydroxyl groups excluding tert-OH is 1. The van der Waals surface area contributed by atoms with Gasteiger partial charge in [-0.05, 0) is 38.1 Å². The molecule has 1 heterocycles. The minimum Gasteiger partial charge on any atom is -0.493 e. The van der Waals surface area contributed by atoms with Crippen molar-refractivity contribution in [1.82, 2.24) is 4.90 Å². The third kappa shape index (κ3) is 4.40. The Balaban J connectivity index is 1.77. The van der Waals surface area contributed by atoms with Gasteiger partial charge < -0.3 is 19.5 Å². The van der Waals surface area contributed by atoms with Crippen LogP contribution in [0.4, 0.5) is 0 Å². The second-order valence-electron chi connectivity index (χ2n) is 4.98. The topological polar surface area (TPSA) is 41.9 Å². The Hall–Kier alpha value is -1.26. The molecule has 1 atom stereocenters. The van der Waals surface area contributed by atoms with Crippen molar-refractivity contribution >= 4 is 0 Å². The van der Waals surface area contributed by atoms with Crippen molar-refractivity contribution in [1.29, 1.82) is 0 Å². The number of hydrogen-bond acceptors (Lipinski definition) is 4. The van der Waals surface area contributed by atoms with Crippen molar-refractivity contribution in [2.24, 2.45) is 0 Å². The summed E-state index contributed by atoms with van der Waals surface area (Å²) in [6.07, 6.45) is 3.33. The number of aliphatic hydroxyl groups is 1. The van der Waals surface area contributed by atoms with E-state index in [2.05, 4.69) is 4.90 Å². The highest BCUT2D eigenvalue weighted by Crippen LogP contribution is 2.25. The van der Waals surface area contributed by atoms with Gasteiger partial charge in [0.25, 0.3) is 0 Å². The fourth-order valence-electron chi connectivity index (χ4n) is 2.42. The van der Waals surface area contributed by atoms with E-state index in [1.54, 1.807) is 7.11 Å². The third-order valence-electron chi connectivity index (χ3n) is 3.42. The number of nitrogens with zero attached hydrogens (tertiary/aromatic N) is 1. The lowest BCUT2D eigenvalue weighted by atomic mass is 10.1. The summed E-state index contributed by atoms with van der Waals surface area (Å²) >= 11 is 0. The zero-order valence-corrected chi connectivity index (χ0v) is 11.5. The molecule has 1 unspecified atom stereocenters. The van der Waals surface area contributed by atoms with Crippen molar-refractivity contribution in [2.75, 3.05) is 33.4 Å². The highest BCUT2D eigenvalue weighted by molar-refractivity contribution is 5.39. The van der Waals surface area contributed by atoms with Crippen molar-refractivity contribution in [3.63, 3.8) is 0 Å². The predicted molar refractivity (Wildman–Crippen MR) is 74.8 cm³/mol. The Bertz CT molecular complexity index is 377. The van der Waals surface area contributed by atoms with E-state index in [4.69, 9.17) is 9.47 Å². The van der Waals surface area contributed by atoms with Crippen LogP contribution in [0.15, 0.2) is 24.3 Å². The molecule has 0 saturated carbocycles. The number of β-amino-alcohol motifs (C(OH)–C–C–N with tert-alkyl or cyclic N) is 1. The number of benzene rings is 1. The quantitative estimate of drug-likeness (QED) is 0.853. The van der Waals surface area contributed by atoms with Crippen LogP contribution in [-0.2, 0) is 0 Å². The number of rotatable bonds is 6. The Kier molecular flexibility index (Phi) is 5.48. The molecule has 0 amide bonds. The first-order chi connectivity index (χ1) is 9.29. The summed E-state index contributed by atoms with van der Waals surface area (Å²) in [5.74, 6) is 1.38. The average Bonchev–Trinajstić information content (AvgIpc) is 2.46. The molecule has 0 radical (unpaired) electrons. The van der Waals surface area contributed by atoms with Gasteiger partial charge in [0.1, 0.15) is 12.7 Å². The van der Waals surface area contributed by atoms with Gasteiger partial charge in [-0.15, -0.1) is 0 Å². The number of hydrogen-bond donors (Lipinski definition) is 1. The highest BCUT2D eigenvalue weighted by atomic mass is 16.5. The van der Waals surface area contributed by atoms with Crippen molar-refractivity contribution in [3.8, 4) is 11.5 Å². The van der Waals surface area contributed by atoms with Gasteiger partial charge in [-0.25, -0.2) is 0 Å². The van der Waals surface area contributed by atoms with E-state index in [1.807, 2.05) is 24.3 Å². The van der Waals surface area contributed by atoms with Crippen LogP contribution in [0.3, 0.4) is 0 Å². The molecule has 4 heteroatoms. The van der Waals surface area contributed by atoms with Crippen LogP contribution in [0.25, 0.3) is 0 Å². The second kappa shape index (κ2) is 7.36. The Morgan fingerprint density at radius 3 is 2.53 bits per heavy atom. The molecule has 19 heavy (non-hydrogen) atoms. The van der Waals surface area contributed by atoms with Crippen LogP contribution in [0.2, 0.25) is 0 Å². The molecule has 0 spiro atoms. The largest absolute Gasteiger partial charge is 0.493 e. The van der Waals surface area contributed by atoms with Gasteiger partial charge >= 0.3 is 0 Å². The minimum absolute atomic E-state index is 0.302. The summed E-state index contributed by atoms with van der Waals surface area (Å²) in [6.45, 7) is 3.17. The van der Waals surface area contributed by atoms with Crippen LogP contribution < -0.4 is 9.47 Å². The van der Waals surface area contributed by atoms with Crippen LogP contribution >= 0.6 is 0 Å².